The van der Waals surface area contributed by atoms with E-state index in [1.807, 2.05) is 0 Å². The normalized spacial score (nSPS) is 19.2. The molecule has 1 aliphatic rings. The molecule has 21 heavy (non-hydrogen) atoms. The summed E-state index contributed by atoms with van der Waals surface area (Å²) in [5, 5.41) is 3.54. The number of hydrogen-bond acceptors (Lipinski definition) is 2. The smallest absolute Gasteiger partial charge is 0.0827 e. The van der Waals surface area contributed by atoms with Crippen molar-refractivity contribution >= 4 is 0 Å². The molecule has 1 N–H and O–H groups in total. The Morgan fingerprint density at radius 1 is 1.29 bits per heavy atom. The number of rotatable bonds is 9. The molecule has 2 unspecified atom stereocenters. The summed E-state index contributed by atoms with van der Waals surface area (Å²) in [5.41, 5.74) is 2.92. The van der Waals surface area contributed by atoms with Crippen LogP contribution in [0.15, 0.2) is 24.3 Å². The van der Waals surface area contributed by atoms with E-state index in [1.165, 1.54) is 56.1 Å². The van der Waals surface area contributed by atoms with Crippen LogP contribution in [0.1, 0.15) is 69.6 Å². The molecule has 0 heterocycles. The Kier molecular flexibility index (Phi) is 7.25. The first kappa shape index (κ1) is 16.5. The van der Waals surface area contributed by atoms with Crippen LogP contribution in [0.3, 0.4) is 0 Å². The molecular formula is C19H31NO. The number of nitrogens with one attached hydrogen (secondary N) is 1. The number of benzene rings is 1. The van der Waals surface area contributed by atoms with E-state index in [9.17, 15) is 0 Å². The standard InChI is InChI=1S/C19H31NO/c1-3-14-20-16(2)9-6-7-15-21-19-13-8-11-17-10-4-5-12-18(17)19/h4-5,10,12,16,19-20H,3,6-9,11,13-15H2,1-2H3. The molecule has 2 atom stereocenters. The highest BCUT2D eigenvalue weighted by molar-refractivity contribution is 5.31. The lowest BCUT2D eigenvalue weighted by atomic mass is 9.89. The van der Waals surface area contributed by atoms with Gasteiger partial charge in [-0.3, -0.25) is 0 Å². The van der Waals surface area contributed by atoms with E-state index in [0.717, 1.165) is 13.2 Å². The Morgan fingerprint density at radius 3 is 3.00 bits per heavy atom. The van der Waals surface area contributed by atoms with Crippen molar-refractivity contribution in [3.05, 3.63) is 35.4 Å². The van der Waals surface area contributed by atoms with Gasteiger partial charge in [-0.05, 0) is 69.5 Å². The maximum absolute atomic E-state index is 6.15. The third kappa shape index (κ3) is 5.44. The van der Waals surface area contributed by atoms with E-state index >= 15 is 0 Å². The topological polar surface area (TPSA) is 21.3 Å². The van der Waals surface area contributed by atoms with Gasteiger partial charge in [0, 0.05) is 12.6 Å². The average molecular weight is 289 g/mol. The molecule has 0 aliphatic heterocycles. The maximum atomic E-state index is 6.15. The summed E-state index contributed by atoms with van der Waals surface area (Å²) in [6.45, 7) is 6.54. The summed E-state index contributed by atoms with van der Waals surface area (Å²) >= 11 is 0. The SMILES string of the molecule is CCCNC(C)CCCCOC1CCCc2ccccc21. The quantitative estimate of drug-likeness (QED) is 0.669. The van der Waals surface area contributed by atoms with Crippen LogP contribution in [0, 0.1) is 0 Å². The van der Waals surface area contributed by atoms with E-state index in [0.29, 0.717) is 12.1 Å². The zero-order chi connectivity index (χ0) is 14.9. The second kappa shape index (κ2) is 9.22. The molecular weight excluding hydrogens is 258 g/mol. The molecule has 118 valence electrons. The van der Waals surface area contributed by atoms with Gasteiger partial charge in [0.15, 0.2) is 0 Å². The first-order valence-electron chi connectivity index (χ1n) is 8.74. The van der Waals surface area contributed by atoms with E-state index < -0.39 is 0 Å². The van der Waals surface area contributed by atoms with Crippen molar-refractivity contribution in [3.8, 4) is 0 Å². The van der Waals surface area contributed by atoms with Crippen LogP contribution in [-0.4, -0.2) is 19.2 Å². The van der Waals surface area contributed by atoms with Gasteiger partial charge >= 0.3 is 0 Å². The first-order chi connectivity index (χ1) is 10.3. The van der Waals surface area contributed by atoms with Gasteiger partial charge in [-0.15, -0.1) is 0 Å². The Hall–Kier alpha value is -0.860. The fraction of sp³-hybridized carbons (Fsp3) is 0.684. The minimum atomic E-state index is 0.339. The zero-order valence-electron chi connectivity index (χ0n) is 13.7. The van der Waals surface area contributed by atoms with Gasteiger partial charge in [0.05, 0.1) is 6.10 Å². The second-order valence-corrected chi connectivity index (χ2v) is 6.30. The number of ether oxygens (including phenoxy) is 1. The number of unbranched alkanes of at least 4 members (excludes halogenated alkanes) is 1. The predicted octanol–water partition coefficient (Wildman–Crippen LogP) is 4.64. The number of hydrogen-bond donors (Lipinski definition) is 1. The minimum absolute atomic E-state index is 0.339. The lowest BCUT2D eigenvalue weighted by Crippen LogP contribution is -2.26. The van der Waals surface area contributed by atoms with E-state index in [1.54, 1.807) is 0 Å². The van der Waals surface area contributed by atoms with Gasteiger partial charge < -0.3 is 10.1 Å². The molecule has 0 bridgehead atoms. The average Bonchev–Trinajstić information content (AvgIpc) is 2.52. The maximum Gasteiger partial charge on any atom is 0.0827 e. The number of aryl methyl sites for hydroxylation is 1. The molecule has 0 saturated heterocycles. The van der Waals surface area contributed by atoms with Gasteiger partial charge in [0.2, 0.25) is 0 Å². The lowest BCUT2D eigenvalue weighted by molar-refractivity contribution is 0.0380. The van der Waals surface area contributed by atoms with Crippen molar-refractivity contribution in [2.45, 2.75) is 70.9 Å². The highest BCUT2D eigenvalue weighted by Crippen LogP contribution is 2.32. The molecule has 1 aromatic rings. The van der Waals surface area contributed by atoms with Crippen LogP contribution in [0.4, 0.5) is 0 Å². The molecule has 2 heteroatoms. The van der Waals surface area contributed by atoms with Crippen LogP contribution < -0.4 is 5.32 Å². The number of fused-ring (bicyclic) bond motifs is 1. The molecule has 0 amide bonds. The fourth-order valence-electron chi connectivity index (χ4n) is 3.15. The fourth-order valence-corrected chi connectivity index (χ4v) is 3.15. The highest BCUT2D eigenvalue weighted by atomic mass is 16.5. The van der Waals surface area contributed by atoms with Crippen LogP contribution >= 0.6 is 0 Å². The molecule has 0 fully saturated rings. The molecule has 0 radical (unpaired) electrons. The van der Waals surface area contributed by atoms with Crippen LogP contribution in [0.5, 0.6) is 0 Å². The van der Waals surface area contributed by atoms with Gasteiger partial charge in [0.1, 0.15) is 0 Å². The summed E-state index contributed by atoms with van der Waals surface area (Å²) in [5.74, 6) is 0. The predicted molar refractivity (Wildman–Crippen MR) is 89.7 cm³/mol. The van der Waals surface area contributed by atoms with Crippen molar-refractivity contribution in [2.24, 2.45) is 0 Å². The Balaban J connectivity index is 1.64. The Labute approximate surface area is 130 Å². The Bertz CT molecular complexity index is 404. The Morgan fingerprint density at radius 2 is 2.14 bits per heavy atom. The van der Waals surface area contributed by atoms with Crippen molar-refractivity contribution in [3.63, 3.8) is 0 Å². The summed E-state index contributed by atoms with van der Waals surface area (Å²) in [6.07, 6.45) is 8.91. The molecule has 2 nitrogen and oxygen atoms in total. The highest BCUT2D eigenvalue weighted by Gasteiger charge is 2.19. The van der Waals surface area contributed by atoms with E-state index in [-0.39, 0.29) is 0 Å². The van der Waals surface area contributed by atoms with Gasteiger partial charge in [-0.25, -0.2) is 0 Å². The molecule has 0 aromatic heterocycles. The van der Waals surface area contributed by atoms with Crippen LogP contribution in [0.25, 0.3) is 0 Å². The molecule has 1 aromatic carbocycles. The summed E-state index contributed by atoms with van der Waals surface area (Å²) in [6, 6.07) is 9.43. The summed E-state index contributed by atoms with van der Waals surface area (Å²) in [7, 11) is 0. The van der Waals surface area contributed by atoms with Gasteiger partial charge in [-0.2, -0.15) is 0 Å². The van der Waals surface area contributed by atoms with Crippen LogP contribution in [-0.2, 0) is 11.2 Å². The molecule has 2 rings (SSSR count). The molecule has 0 spiro atoms. The van der Waals surface area contributed by atoms with Crippen molar-refractivity contribution in [1.29, 1.82) is 0 Å². The van der Waals surface area contributed by atoms with E-state index in [4.69, 9.17) is 4.74 Å². The lowest BCUT2D eigenvalue weighted by Gasteiger charge is -2.25. The minimum Gasteiger partial charge on any atom is -0.374 e. The third-order valence-electron chi connectivity index (χ3n) is 4.41. The summed E-state index contributed by atoms with van der Waals surface area (Å²) in [4.78, 5) is 0. The molecule has 1 aliphatic carbocycles. The third-order valence-corrected chi connectivity index (χ3v) is 4.41. The van der Waals surface area contributed by atoms with Gasteiger partial charge in [-0.1, -0.05) is 31.2 Å². The monoisotopic (exact) mass is 289 g/mol. The largest absolute Gasteiger partial charge is 0.374 e. The van der Waals surface area contributed by atoms with E-state index in [2.05, 4.69) is 43.4 Å². The molecule has 0 saturated carbocycles. The zero-order valence-corrected chi connectivity index (χ0v) is 13.7. The van der Waals surface area contributed by atoms with Crippen molar-refractivity contribution in [2.75, 3.05) is 13.2 Å². The van der Waals surface area contributed by atoms with Gasteiger partial charge in [0.25, 0.3) is 0 Å². The first-order valence-corrected chi connectivity index (χ1v) is 8.74. The van der Waals surface area contributed by atoms with Crippen molar-refractivity contribution in [1.82, 2.24) is 5.32 Å². The summed E-state index contributed by atoms with van der Waals surface area (Å²) < 4.78 is 6.15. The van der Waals surface area contributed by atoms with Crippen LogP contribution in [0.2, 0.25) is 0 Å². The second-order valence-electron chi connectivity index (χ2n) is 6.30. The van der Waals surface area contributed by atoms with Crippen molar-refractivity contribution < 1.29 is 4.74 Å².